The number of phenolic OH excluding ortho intramolecular Hbond substituents is 1. The summed E-state index contributed by atoms with van der Waals surface area (Å²) in [4.78, 5) is 14.5. The van der Waals surface area contributed by atoms with E-state index in [1.165, 1.54) is 19.3 Å². The molecule has 3 rings (SSSR count). The molecule has 1 amide bonds. The van der Waals surface area contributed by atoms with E-state index in [1.807, 2.05) is 51.1 Å². The van der Waals surface area contributed by atoms with Crippen LogP contribution in [0.2, 0.25) is 0 Å². The van der Waals surface area contributed by atoms with Crippen LogP contribution in [0.1, 0.15) is 48.4 Å². The zero-order valence-electron chi connectivity index (χ0n) is 18.1. The first kappa shape index (κ1) is 21.8. The van der Waals surface area contributed by atoms with Crippen LogP contribution < -0.4 is 10.2 Å². The van der Waals surface area contributed by atoms with Crippen LogP contribution in [0.25, 0.3) is 0 Å². The number of piperidine rings is 1. The summed E-state index contributed by atoms with van der Waals surface area (Å²) < 4.78 is 5.62. The molecule has 0 radical (unpaired) electrons. The number of carbonyl (C=O) groups is 1. The van der Waals surface area contributed by atoms with Crippen molar-refractivity contribution in [3.8, 4) is 11.5 Å². The molecule has 0 spiro atoms. The van der Waals surface area contributed by atoms with Crippen molar-refractivity contribution in [1.82, 2.24) is 10.3 Å². The number of ether oxygens (including phenoxy) is 1. The Balaban J connectivity index is 1.58. The van der Waals surface area contributed by atoms with Gasteiger partial charge in [-0.05, 0) is 87.7 Å². The fraction of sp³-hybridized carbons (Fsp3) is 0.417. The van der Waals surface area contributed by atoms with Crippen molar-refractivity contribution in [2.45, 2.75) is 46.6 Å². The van der Waals surface area contributed by atoms with Crippen LogP contribution in [-0.2, 0) is 11.3 Å². The van der Waals surface area contributed by atoms with E-state index >= 15 is 0 Å². The lowest BCUT2D eigenvalue weighted by Gasteiger charge is -2.26. The largest absolute Gasteiger partial charge is 0.508 e. The summed E-state index contributed by atoms with van der Waals surface area (Å²) >= 11 is 0. The van der Waals surface area contributed by atoms with Crippen molar-refractivity contribution in [1.29, 1.82) is 0 Å². The minimum absolute atomic E-state index is 0.100. The van der Waals surface area contributed by atoms with E-state index in [1.54, 1.807) is 6.07 Å². The average molecular weight is 410 g/mol. The van der Waals surface area contributed by atoms with Gasteiger partial charge in [-0.15, -0.1) is 0 Å². The van der Waals surface area contributed by atoms with Crippen molar-refractivity contribution in [2.24, 2.45) is 5.10 Å². The standard InChI is InChI=1S/C24H31N3O3/c1-17-7-8-18(2)23(13-17)30-16-24(29)26-25-19(3)20-9-10-22(28)21(14-20)15-27-11-5-4-6-12-27/h7-10,13-14,28H,4-6,11-12,15-16H2,1-3H3,(H,26,29)/b25-19+. The Morgan fingerprint density at radius 3 is 2.67 bits per heavy atom. The van der Waals surface area contributed by atoms with Crippen LogP contribution >= 0.6 is 0 Å². The van der Waals surface area contributed by atoms with Gasteiger partial charge in [0.25, 0.3) is 5.91 Å². The lowest BCUT2D eigenvalue weighted by molar-refractivity contribution is -0.123. The van der Waals surface area contributed by atoms with E-state index in [9.17, 15) is 9.90 Å². The maximum absolute atomic E-state index is 12.1. The Labute approximate surface area is 178 Å². The molecule has 0 saturated carbocycles. The highest BCUT2D eigenvalue weighted by Crippen LogP contribution is 2.23. The van der Waals surface area contributed by atoms with Crippen LogP contribution in [-0.4, -0.2) is 41.3 Å². The summed E-state index contributed by atoms with van der Waals surface area (Å²) in [7, 11) is 0. The summed E-state index contributed by atoms with van der Waals surface area (Å²) in [5.74, 6) is 0.678. The molecule has 0 aliphatic carbocycles. The number of benzene rings is 2. The molecule has 2 aromatic carbocycles. The molecular formula is C24H31N3O3. The second kappa shape index (κ2) is 10.3. The maximum Gasteiger partial charge on any atom is 0.277 e. The SMILES string of the molecule is C/C(=N\NC(=O)COc1cc(C)ccc1C)c1ccc(O)c(CN2CCCCC2)c1. The van der Waals surface area contributed by atoms with Gasteiger partial charge in [-0.25, -0.2) is 5.43 Å². The highest BCUT2D eigenvalue weighted by Gasteiger charge is 2.13. The molecular weight excluding hydrogens is 378 g/mol. The molecule has 1 saturated heterocycles. The summed E-state index contributed by atoms with van der Waals surface area (Å²) in [5.41, 5.74) is 7.05. The zero-order valence-corrected chi connectivity index (χ0v) is 18.1. The highest BCUT2D eigenvalue weighted by molar-refractivity contribution is 5.99. The van der Waals surface area contributed by atoms with Gasteiger partial charge in [0, 0.05) is 12.1 Å². The number of hydrogen-bond acceptors (Lipinski definition) is 5. The van der Waals surface area contributed by atoms with Gasteiger partial charge in [0.2, 0.25) is 0 Å². The third kappa shape index (κ3) is 6.07. The fourth-order valence-electron chi connectivity index (χ4n) is 3.54. The molecule has 1 heterocycles. The minimum atomic E-state index is -0.317. The number of aryl methyl sites for hydroxylation is 2. The Hall–Kier alpha value is -2.86. The van der Waals surface area contributed by atoms with Gasteiger partial charge in [-0.3, -0.25) is 9.69 Å². The quantitative estimate of drug-likeness (QED) is 0.537. The second-order valence-electron chi connectivity index (χ2n) is 7.97. The second-order valence-corrected chi connectivity index (χ2v) is 7.97. The summed E-state index contributed by atoms with van der Waals surface area (Å²) in [6.45, 7) is 8.52. The molecule has 2 aromatic rings. The number of rotatable bonds is 7. The number of hydrazone groups is 1. The highest BCUT2D eigenvalue weighted by atomic mass is 16.5. The molecule has 2 N–H and O–H groups in total. The number of likely N-dealkylation sites (tertiary alicyclic amines) is 1. The van der Waals surface area contributed by atoms with Crippen molar-refractivity contribution < 1.29 is 14.6 Å². The molecule has 6 nitrogen and oxygen atoms in total. The maximum atomic E-state index is 12.1. The number of aromatic hydroxyl groups is 1. The predicted octanol–water partition coefficient (Wildman–Crippen LogP) is 3.91. The van der Waals surface area contributed by atoms with E-state index in [0.717, 1.165) is 41.9 Å². The Kier molecular flexibility index (Phi) is 7.46. The molecule has 1 fully saturated rings. The third-order valence-electron chi connectivity index (χ3n) is 5.39. The number of carbonyl (C=O) groups excluding carboxylic acids is 1. The number of nitrogens with zero attached hydrogens (tertiary/aromatic N) is 2. The van der Waals surface area contributed by atoms with Gasteiger partial charge in [-0.1, -0.05) is 18.6 Å². The molecule has 0 unspecified atom stereocenters. The molecule has 0 aromatic heterocycles. The monoisotopic (exact) mass is 409 g/mol. The smallest absolute Gasteiger partial charge is 0.277 e. The molecule has 0 bridgehead atoms. The predicted molar refractivity (Wildman–Crippen MR) is 119 cm³/mol. The van der Waals surface area contributed by atoms with Crippen LogP contribution in [0.4, 0.5) is 0 Å². The normalized spacial score (nSPS) is 15.1. The summed E-state index contributed by atoms with van der Waals surface area (Å²) in [6, 6.07) is 11.3. The van der Waals surface area contributed by atoms with Crippen LogP contribution in [0.3, 0.4) is 0 Å². The van der Waals surface area contributed by atoms with Crippen LogP contribution in [0.15, 0.2) is 41.5 Å². The molecule has 30 heavy (non-hydrogen) atoms. The Morgan fingerprint density at radius 1 is 1.13 bits per heavy atom. The van der Waals surface area contributed by atoms with Gasteiger partial charge < -0.3 is 9.84 Å². The van der Waals surface area contributed by atoms with Gasteiger partial charge >= 0.3 is 0 Å². The average Bonchev–Trinajstić information content (AvgIpc) is 2.75. The topological polar surface area (TPSA) is 74.2 Å². The molecule has 0 atom stereocenters. The minimum Gasteiger partial charge on any atom is -0.508 e. The number of nitrogens with one attached hydrogen (secondary N) is 1. The van der Waals surface area contributed by atoms with E-state index in [0.29, 0.717) is 17.2 Å². The fourth-order valence-corrected chi connectivity index (χ4v) is 3.54. The summed E-state index contributed by atoms with van der Waals surface area (Å²) in [6.07, 6.45) is 3.69. The van der Waals surface area contributed by atoms with E-state index < -0.39 is 0 Å². The lowest BCUT2D eigenvalue weighted by Crippen LogP contribution is -2.29. The molecule has 160 valence electrons. The number of hydrogen-bond donors (Lipinski definition) is 2. The van der Waals surface area contributed by atoms with E-state index in [2.05, 4.69) is 15.4 Å². The van der Waals surface area contributed by atoms with Crippen LogP contribution in [0.5, 0.6) is 11.5 Å². The van der Waals surface area contributed by atoms with Crippen molar-refractivity contribution in [2.75, 3.05) is 19.7 Å². The first-order valence-corrected chi connectivity index (χ1v) is 10.5. The number of phenols is 1. The number of amides is 1. The molecule has 1 aliphatic rings. The van der Waals surface area contributed by atoms with Crippen molar-refractivity contribution in [3.05, 3.63) is 58.7 Å². The van der Waals surface area contributed by atoms with Gasteiger partial charge in [0.05, 0.1) is 5.71 Å². The van der Waals surface area contributed by atoms with E-state index in [-0.39, 0.29) is 12.5 Å². The third-order valence-corrected chi connectivity index (χ3v) is 5.39. The van der Waals surface area contributed by atoms with Gasteiger partial charge in [0.15, 0.2) is 6.61 Å². The first-order chi connectivity index (χ1) is 14.4. The van der Waals surface area contributed by atoms with Gasteiger partial charge in [-0.2, -0.15) is 5.10 Å². The van der Waals surface area contributed by atoms with Crippen molar-refractivity contribution >= 4 is 11.6 Å². The Bertz CT molecular complexity index is 918. The summed E-state index contributed by atoms with van der Waals surface area (Å²) in [5, 5.41) is 14.4. The van der Waals surface area contributed by atoms with Crippen molar-refractivity contribution in [3.63, 3.8) is 0 Å². The molecule has 6 heteroatoms. The van der Waals surface area contributed by atoms with Crippen LogP contribution in [0, 0.1) is 13.8 Å². The van der Waals surface area contributed by atoms with Gasteiger partial charge in [0.1, 0.15) is 11.5 Å². The zero-order chi connectivity index (χ0) is 21.5. The Morgan fingerprint density at radius 2 is 1.90 bits per heavy atom. The van der Waals surface area contributed by atoms with E-state index in [4.69, 9.17) is 4.74 Å². The lowest BCUT2D eigenvalue weighted by atomic mass is 10.0. The molecule has 1 aliphatic heterocycles. The first-order valence-electron chi connectivity index (χ1n) is 10.5.